The van der Waals surface area contributed by atoms with Gasteiger partial charge in [0.25, 0.3) is 0 Å². The van der Waals surface area contributed by atoms with E-state index >= 15 is 0 Å². The van der Waals surface area contributed by atoms with Gasteiger partial charge in [0.1, 0.15) is 0 Å². The molecule has 0 spiro atoms. The van der Waals surface area contributed by atoms with Gasteiger partial charge < -0.3 is 5.21 Å². The highest BCUT2D eigenvalue weighted by molar-refractivity contribution is 6.30. The molecule has 5 rings (SSSR count). The van der Waals surface area contributed by atoms with Gasteiger partial charge in [0.2, 0.25) is 0 Å². The van der Waals surface area contributed by atoms with Crippen molar-refractivity contribution in [1.82, 2.24) is 9.97 Å². The van der Waals surface area contributed by atoms with Crippen LogP contribution in [-0.4, -0.2) is 33.6 Å². The van der Waals surface area contributed by atoms with Crippen LogP contribution in [0.25, 0.3) is 0 Å². The Morgan fingerprint density at radius 1 is 1.06 bits per heavy atom. The number of fused-ring (bicyclic) bond motifs is 2. The van der Waals surface area contributed by atoms with Gasteiger partial charge in [-0.05, 0) is 65.3 Å². The van der Waals surface area contributed by atoms with Crippen molar-refractivity contribution < 1.29 is 9.44 Å². The molecule has 3 aromatic rings. The third-order valence-electron chi connectivity index (χ3n) is 7.05. The van der Waals surface area contributed by atoms with E-state index < -0.39 is 4.65 Å². The molecule has 164 valence electrons. The Hall–Kier alpha value is -2.60. The van der Waals surface area contributed by atoms with Crippen LogP contribution < -0.4 is 0 Å². The number of aryl methyl sites for hydroxylation is 2. The number of hydroxylamine groups is 3. The van der Waals surface area contributed by atoms with Gasteiger partial charge in [-0.2, -0.15) is 0 Å². The van der Waals surface area contributed by atoms with Crippen LogP contribution in [0.2, 0.25) is 5.02 Å². The van der Waals surface area contributed by atoms with E-state index in [9.17, 15) is 10.0 Å². The monoisotopic (exact) mass is 447 g/mol. The lowest BCUT2D eigenvalue weighted by molar-refractivity contribution is -0.811. The SMILES string of the molecule is O=C(Cc1cccnc1)[N+]1([O-])CCC(C2c3ccc(Cl)cc3CCc3cccnc32)CC1. The normalized spacial score (nSPS) is 24.8. The van der Waals surface area contributed by atoms with Crippen LogP contribution in [0.15, 0.2) is 61.1 Å². The number of likely N-dealkylation sites (tertiary alicyclic amines) is 1. The molecular formula is C26H26ClN3O2. The number of halogens is 1. The van der Waals surface area contributed by atoms with E-state index in [4.69, 9.17) is 16.6 Å². The summed E-state index contributed by atoms with van der Waals surface area (Å²) in [7, 11) is 0. The highest BCUT2D eigenvalue weighted by Crippen LogP contribution is 2.43. The molecule has 1 unspecified atom stereocenters. The number of carbonyl (C=O) groups excluding carboxylic acids is 1. The number of carbonyl (C=O) groups is 1. The number of benzene rings is 1. The lowest BCUT2D eigenvalue weighted by atomic mass is 9.76. The molecular weight excluding hydrogens is 422 g/mol. The maximum absolute atomic E-state index is 13.4. The first-order chi connectivity index (χ1) is 15.5. The lowest BCUT2D eigenvalue weighted by Gasteiger charge is -2.46. The fraction of sp³-hybridized carbons (Fsp3) is 0.346. The van der Waals surface area contributed by atoms with Gasteiger partial charge in [-0.25, -0.2) is 4.79 Å². The zero-order valence-electron chi connectivity index (χ0n) is 17.9. The molecule has 6 heteroatoms. The quantitative estimate of drug-likeness (QED) is 0.425. The second-order valence-electron chi connectivity index (χ2n) is 8.97. The first kappa shape index (κ1) is 21.3. The molecule has 0 bridgehead atoms. The summed E-state index contributed by atoms with van der Waals surface area (Å²) >= 11 is 6.31. The van der Waals surface area contributed by atoms with Gasteiger partial charge in [-0.15, -0.1) is 0 Å². The van der Waals surface area contributed by atoms with Gasteiger partial charge in [-0.1, -0.05) is 29.8 Å². The summed E-state index contributed by atoms with van der Waals surface area (Å²) in [4.78, 5) is 21.7. The lowest BCUT2D eigenvalue weighted by Crippen LogP contribution is -2.53. The van der Waals surface area contributed by atoms with E-state index in [-0.39, 0.29) is 24.2 Å². The molecule has 1 fully saturated rings. The summed E-state index contributed by atoms with van der Waals surface area (Å²) in [6.45, 7) is 0.622. The molecule has 1 aliphatic heterocycles. The molecule has 1 aliphatic carbocycles. The number of rotatable bonds is 3. The Morgan fingerprint density at radius 2 is 1.84 bits per heavy atom. The summed E-state index contributed by atoms with van der Waals surface area (Å²) in [5.74, 6) is 0.124. The van der Waals surface area contributed by atoms with Crippen molar-refractivity contribution in [2.45, 2.75) is 38.0 Å². The maximum atomic E-state index is 13.4. The van der Waals surface area contributed by atoms with Gasteiger partial charge in [-0.3, -0.25) is 14.6 Å². The summed E-state index contributed by atoms with van der Waals surface area (Å²) < 4.78 is -0.749. The molecule has 2 aliphatic rings. The van der Waals surface area contributed by atoms with E-state index in [1.807, 2.05) is 24.4 Å². The molecule has 0 radical (unpaired) electrons. The molecule has 3 heterocycles. The number of aromatic nitrogens is 2. The van der Waals surface area contributed by atoms with Crippen LogP contribution in [0, 0.1) is 11.1 Å². The van der Waals surface area contributed by atoms with Gasteiger partial charge in [0.15, 0.2) is 0 Å². The fourth-order valence-electron chi connectivity index (χ4n) is 5.34. The van der Waals surface area contributed by atoms with Gasteiger partial charge >= 0.3 is 5.91 Å². The van der Waals surface area contributed by atoms with Crippen molar-refractivity contribution in [3.05, 3.63) is 99.2 Å². The summed E-state index contributed by atoms with van der Waals surface area (Å²) in [5, 5.41) is 14.1. The van der Waals surface area contributed by atoms with Crippen LogP contribution in [0.3, 0.4) is 0 Å². The summed E-state index contributed by atoms with van der Waals surface area (Å²) in [6.07, 6.45) is 8.60. The smallest absolute Gasteiger partial charge is 0.318 e. The number of piperidine rings is 1. The standard InChI is InChI=1S/C26H26ClN3O2/c27-22-7-8-23-21(16-22)6-5-20-4-2-12-29-26(20)25(23)19-9-13-30(32,14-10-19)24(31)15-18-3-1-11-28-17-18/h1-4,7-8,11-12,16-17,19,25H,5-6,9-10,13-15H2. The summed E-state index contributed by atoms with van der Waals surface area (Å²) in [5.41, 5.74) is 5.71. The van der Waals surface area contributed by atoms with Gasteiger partial charge in [0.05, 0.1) is 25.2 Å². The van der Waals surface area contributed by atoms with E-state index in [0.29, 0.717) is 25.9 Å². The minimum absolute atomic E-state index is 0.128. The maximum Gasteiger partial charge on any atom is 0.318 e. The topological polar surface area (TPSA) is 65.9 Å². The third kappa shape index (κ3) is 4.08. The average Bonchev–Trinajstić information content (AvgIpc) is 2.97. The van der Waals surface area contributed by atoms with Crippen molar-refractivity contribution in [3.63, 3.8) is 0 Å². The predicted molar refractivity (Wildman–Crippen MR) is 124 cm³/mol. The number of quaternary nitrogens is 1. The van der Waals surface area contributed by atoms with E-state index in [1.165, 1.54) is 16.7 Å². The minimum atomic E-state index is -0.749. The molecule has 1 saturated heterocycles. The number of amides is 1. The van der Waals surface area contributed by atoms with Gasteiger partial charge in [0, 0.05) is 42.4 Å². The Bertz CT molecular complexity index is 1130. The molecule has 1 aromatic carbocycles. The van der Waals surface area contributed by atoms with Crippen LogP contribution in [0.1, 0.15) is 46.7 Å². The Kier molecular flexibility index (Phi) is 5.80. The Morgan fingerprint density at radius 3 is 2.62 bits per heavy atom. The number of hydrogen-bond acceptors (Lipinski definition) is 4. The molecule has 1 atom stereocenters. The third-order valence-corrected chi connectivity index (χ3v) is 7.29. The first-order valence-corrected chi connectivity index (χ1v) is 11.6. The van der Waals surface area contributed by atoms with Crippen LogP contribution in [-0.2, 0) is 24.1 Å². The Labute approximate surface area is 193 Å². The highest BCUT2D eigenvalue weighted by atomic mass is 35.5. The number of pyridine rings is 2. The van der Waals surface area contributed by atoms with Crippen molar-refractivity contribution in [2.24, 2.45) is 5.92 Å². The second-order valence-corrected chi connectivity index (χ2v) is 9.41. The number of hydrogen-bond donors (Lipinski definition) is 0. The highest BCUT2D eigenvalue weighted by Gasteiger charge is 2.39. The van der Waals surface area contributed by atoms with E-state index in [0.717, 1.165) is 29.1 Å². The molecule has 0 N–H and O–H groups in total. The van der Waals surface area contributed by atoms with Crippen LogP contribution in [0.5, 0.6) is 0 Å². The zero-order chi connectivity index (χ0) is 22.1. The van der Waals surface area contributed by atoms with Crippen molar-refractivity contribution in [1.29, 1.82) is 0 Å². The fourth-order valence-corrected chi connectivity index (χ4v) is 5.53. The zero-order valence-corrected chi connectivity index (χ0v) is 18.7. The van der Waals surface area contributed by atoms with E-state index in [2.05, 4.69) is 23.2 Å². The molecule has 0 saturated carbocycles. The minimum Gasteiger partial charge on any atom is -0.625 e. The van der Waals surface area contributed by atoms with Crippen molar-refractivity contribution >= 4 is 17.5 Å². The molecule has 32 heavy (non-hydrogen) atoms. The molecule has 2 aromatic heterocycles. The second kappa shape index (κ2) is 8.74. The largest absolute Gasteiger partial charge is 0.625 e. The van der Waals surface area contributed by atoms with Crippen molar-refractivity contribution in [2.75, 3.05) is 13.1 Å². The summed E-state index contributed by atoms with van der Waals surface area (Å²) in [6, 6.07) is 14.0. The molecule has 5 nitrogen and oxygen atoms in total. The van der Waals surface area contributed by atoms with E-state index in [1.54, 1.807) is 18.5 Å². The predicted octanol–water partition coefficient (Wildman–Crippen LogP) is 4.85. The molecule has 1 amide bonds. The Balaban J connectivity index is 1.40. The van der Waals surface area contributed by atoms with Crippen molar-refractivity contribution in [3.8, 4) is 0 Å². The van der Waals surface area contributed by atoms with Crippen LogP contribution >= 0.6 is 11.6 Å². The first-order valence-electron chi connectivity index (χ1n) is 11.3. The average molecular weight is 448 g/mol. The number of nitrogens with zero attached hydrogens (tertiary/aromatic N) is 3. The van der Waals surface area contributed by atoms with Crippen LogP contribution in [0.4, 0.5) is 0 Å².